The maximum atomic E-state index is 12.6. The molecule has 106 valence electrons. The van der Waals surface area contributed by atoms with E-state index < -0.39 is 16.1 Å². The van der Waals surface area contributed by atoms with Crippen molar-refractivity contribution in [1.29, 1.82) is 0 Å². The fourth-order valence-corrected chi connectivity index (χ4v) is 5.45. The van der Waals surface area contributed by atoms with Crippen LogP contribution in [0.2, 0.25) is 4.34 Å². The Labute approximate surface area is 121 Å². The van der Waals surface area contributed by atoms with E-state index in [1.807, 2.05) is 13.8 Å². The van der Waals surface area contributed by atoms with Crippen LogP contribution in [0.3, 0.4) is 0 Å². The monoisotopic (exact) mass is 322 g/mol. The van der Waals surface area contributed by atoms with Gasteiger partial charge >= 0.3 is 0 Å². The Balaban J connectivity index is 2.40. The molecule has 0 aromatic carbocycles. The van der Waals surface area contributed by atoms with E-state index >= 15 is 0 Å². The Morgan fingerprint density at radius 3 is 2.68 bits per heavy atom. The van der Waals surface area contributed by atoms with Crippen molar-refractivity contribution in [2.45, 2.75) is 24.1 Å². The van der Waals surface area contributed by atoms with Gasteiger partial charge in [0, 0.05) is 13.1 Å². The number of amides is 1. The van der Waals surface area contributed by atoms with Crippen molar-refractivity contribution < 1.29 is 13.2 Å². The third kappa shape index (κ3) is 2.79. The lowest BCUT2D eigenvalue weighted by Gasteiger charge is -2.35. The van der Waals surface area contributed by atoms with Crippen molar-refractivity contribution in [1.82, 2.24) is 9.62 Å². The second kappa shape index (κ2) is 5.40. The maximum Gasteiger partial charge on any atom is 0.253 e. The van der Waals surface area contributed by atoms with Crippen LogP contribution in [0.15, 0.2) is 16.3 Å². The summed E-state index contributed by atoms with van der Waals surface area (Å²) >= 11 is 6.80. The van der Waals surface area contributed by atoms with Gasteiger partial charge in [-0.25, -0.2) is 8.42 Å². The highest BCUT2D eigenvalue weighted by Gasteiger charge is 2.40. The maximum absolute atomic E-state index is 12.6. The fourth-order valence-electron chi connectivity index (χ4n) is 2.12. The highest BCUT2D eigenvalue weighted by molar-refractivity contribution is 7.91. The van der Waals surface area contributed by atoms with Crippen LogP contribution in [0.5, 0.6) is 0 Å². The number of carbonyl (C=O) groups is 1. The van der Waals surface area contributed by atoms with Gasteiger partial charge in [-0.05, 0) is 18.1 Å². The van der Waals surface area contributed by atoms with Gasteiger partial charge in [-0.2, -0.15) is 4.31 Å². The van der Waals surface area contributed by atoms with Crippen LogP contribution < -0.4 is 5.32 Å². The average Bonchev–Trinajstić information content (AvgIpc) is 2.75. The number of nitrogens with one attached hydrogen (secondary N) is 1. The standard InChI is InChI=1S/C11H15ClN2O3S2/c1-7(2)10-11(15)13-5-6-14(10)19(16,17)9-4-3-8(12)18-9/h3-4,7,10H,5-6H2,1-2H3,(H,13,15). The van der Waals surface area contributed by atoms with Crippen molar-refractivity contribution in [3.05, 3.63) is 16.5 Å². The van der Waals surface area contributed by atoms with Crippen molar-refractivity contribution in [3.63, 3.8) is 0 Å². The summed E-state index contributed by atoms with van der Waals surface area (Å²) in [4.78, 5) is 11.9. The van der Waals surface area contributed by atoms with E-state index in [4.69, 9.17) is 11.6 Å². The van der Waals surface area contributed by atoms with E-state index in [9.17, 15) is 13.2 Å². The number of hydrogen-bond acceptors (Lipinski definition) is 4. The molecule has 0 aliphatic carbocycles. The van der Waals surface area contributed by atoms with Gasteiger partial charge in [-0.1, -0.05) is 25.4 Å². The molecule has 1 amide bonds. The number of nitrogens with zero attached hydrogens (tertiary/aromatic N) is 1. The Morgan fingerprint density at radius 2 is 2.16 bits per heavy atom. The first-order chi connectivity index (χ1) is 8.84. The van der Waals surface area contributed by atoms with E-state index in [1.165, 1.54) is 10.4 Å². The molecule has 19 heavy (non-hydrogen) atoms. The van der Waals surface area contributed by atoms with Crippen LogP contribution in [0, 0.1) is 5.92 Å². The second-order valence-corrected chi connectivity index (χ2v) is 8.49. The van der Waals surface area contributed by atoms with Gasteiger partial charge in [0.15, 0.2) is 0 Å². The lowest BCUT2D eigenvalue weighted by molar-refractivity contribution is -0.128. The lowest BCUT2D eigenvalue weighted by atomic mass is 10.0. The van der Waals surface area contributed by atoms with Crippen LogP contribution in [-0.4, -0.2) is 37.8 Å². The lowest BCUT2D eigenvalue weighted by Crippen LogP contribution is -2.58. The van der Waals surface area contributed by atoms with E-state index in [-0.39, 0.29) is 22.6 Å². The molecular weight excluding hydrogens is 308 g/mol. The number of rotatable bonds is 3. The van der Waals surface area contributed by atoms with Crippen molar-refractivity contribution in [2.24, 2.45) is 5.92 Å². The summed E-state index contributed by atoms with van der Waals surface area (Å²) in [6.45, 7) is 4.28. The van der Waals surface area contributed by atoms with Crippen LogP contribution in [-0.2, 0) is 14.8 Å². The van der Waals surface area contributed by atoms with Gasteiger partial charge < -0.3 is 5.32 Å². The van der Waals surface area contributed by atoms with E-state index in [0.29, 0.717) is 10.9 Å². The SMILES string of the molecule is CC(C)C1C(=O)NCCN1S(=O)(=O)c1ccc(Cl)s1. The summed E-state index contributed by atoms with van der Waals surface area (Å²) in [6, 6.07) is 2.36. The van der Waals surface area contributed by atoms with Gasteiger partial charge in [-0.15, -0.1) is 11.3 Å². The highest BCUT2D eigenvalue weighted by Crippen LogP contribution is 2.30. The molecule has 0 bridgehead atoms. The van der Waals surface area contributed by atoms with Crippen molar-refractivity contribution in [3.8, 4) is 0 Å². The third-order valence-corrected chi connectivity index (χ3v) is 6.53. The quantitative estimate of drug-likeness (QED) is 0.918. The molecule has 1 fully saturated rings. The number of sulfonamides is 1. The Morgan fingerprint density at radius 1 is 1.47 bits per heavy atom. The molecule has 8 heteroatoms. The number of hydrogen-bond donors (Lipinski definition) is 1. The van der Waals surface area contributed by atoms with Gasteiger partial charge in [0.25, 0.3) is 10.0 Å². The first kappa shape index (κ1) is 14.8. The van der Waals surface area contributed by atoms with Crippen molar-refractivity contribution in [2.75, 3.05) is 13.1 Å². The van der Waals surface area contributed by atoms with Crippen LogP contribution in [0.25, 0.3) is 0 Å². The van der Waals surface area contributed by atoms with Crippen LogP contribution >= 0.6 is 22.9 Å². The minimum absolute atomic E-state index is 0.0921. The average molecular weight is 323 g/mol. The summed E-state index contributed by atoms with van der Waals surface area (Å²) in [5.74, 6) is -0.335. The van der Waals surface area contributed by atoms with Crippen LogP contribution in [0.4, 0.5) is 0 Å². The Kier molecular flexibility index (Phi) is 4.20. The molecule has 1 N–H and O–H groups in total. The smallest absolute Gasteiger partial charge is 0.253 e. The summed E-state index contributed by atoms with van der Waals surface area (Å²) in [7, 11) is -3.66. The minimum atomic E-state index is -3.66. The summed E-state index contributed by atoms with van der Waals surface area (Å²) in [6.07, 6.45) is 0. The predicted octanol–water partition coefficient (Wildman–Crippen LogP) is 1.55. The molecule has 5 nitrogen and oxygen atoms in total. The number of carbonyl (C=O) groups excluding carboxylic acids is 1. The van der Waals surface area contributed by atoms with Gasteiger partial charge in [-0.3, -0.25) is 4.79 Å². The normalized spacial score (nSPS) is 21.7. The first-order valence-electron chi connectivity index (χ1n) is 5.89. The van der Waals surface area contributed by atoms with Crippen molar-refractivity contribution >= 4 is 38.9 Å². The third-order valence-electron chi connectivity index (χ3n) is 2.95. The molecular formula is C11H15ClN2O3S2. The molecule has 1 saturated heterocycles. The molecule has 0 spiro atoms. The molecule has 1 unspecified atom stereocenters. The Hall–Kier alpha value is -0.630. The molecule has 1 atom stereocenters. The topological polar surface area (TPSA) is 66.5 Å². The minimum Gasteiger partial charge on any atom is -0.353 e. The zero-order valence-corrected chi connectivity index (χ0v) is 13.0. The molecule has 0 radical (unpaired) electrons. The fraction of sp³-hybridized carbons (Fsp3) is 0.545. The van der Waals surface area contributed by atoms with E-state index in [0.717, 1.165) is 11.3 Å². The largest absolute Gasteiger partial charge is 0.353 e. The molecule has 0 saturated carbocycles. The Bertz CT molecular complexity index is 583. The van der Waals surface area contributed by atoms with Gasteiger partial charge in [0.05, 0.1) is 4.34 Å². The van der Waals surface area contributed by atoms with E-state index in [2.05, 4.69) is 5.32 Å². The first-order valence-corrected chi connectivity index (χ1v) is 8.52. The van der Waals surface area contributed by atoms with Crippen LogP contribution in [0.1, 0.15) is 13.8 Å². The zero-order chi connectivity index (χ0) is 14.2. The second-order valence-electron chi connectivity index (χ2n) is 4.65. The number of piperazine rings is 1. The molecule has 1 aromatic heterocycles. The molecule has 1 aromatic rings. The summed E-state index contributed by atoms with van der Waals surface area (Å²) < 4.78 is 27.0. The van der Waals surface area contributed by atoms with Gasteiger partial charge in [0.2, 0.25) is 5.91 Å². The number of thiophene rings is 1. The zero-order valence-electron chi connectivity index (χ0n) is 10.6. The molecule has 1 aliphatic rings. The summed E-state index contributed by atoms with van der Waals surface area (Å²) in [5, 5.41) is 2.70. The van der Waals surface area contributed by atoms with E-state index in [1.54, 1.807) is 6.07 Å². The van der Waals surface area contributed by atoms with Gasteiger partial charge in [0.1, 0.15) is 10.3 Å². The number of halogens is 1. The molecule has 2 heterocycles. The molecule has 1 aliphatic heterocycles. The molecule has 2 rings (SSSR count). The summed E-state index contributed by atoms with van der Waals surface area (Å²) in [5.41, 5.74) is 0. The highest BCUT2D eigenvalue weighted by atomic mass is 35.5. The predicted molar refractivity (Wildman–Crippen MR) is 74.9 cm³/mol.